The van der Waals surface area contributed by atoms with Gasteiger partial charge in [-0.3, -0.25) is 9.59 Å². The molecular formula is C17H18N2O6S. The van der Waals surface area contributed by atoms with E-state index in [2.05, 4.69) is 5.32 Å². The Morgan fingerprint density at radius 1 is 1.12 bits per heavy atom. The maximum atomic E-state index is 12.5. The zero-order chi connectivity index (χ0) is 19.3. The maximum absolute atomic E-state index is 12.5. The van der Waals surface area contributed by atoms with Gasteiger partial charge in [0.25, 0.3) is 11.8 Å². The van der Waals surface area contributed by atoms with Gasteiger partial charge < -0.3 is 25.3 Å². The van der Waals surface area contributed by atoms with Crippen molar-refractivity contribution in [1.82, 2.24) is 0 Å². The number of primary amides is 1. The molecule has 1 unspecified atom stereocenters. The smallest absolute Gasteiger partial charge is 0.346 e. The second kappa shape index (κ2) is 8.34. The molecule has 0 fully saturated rings. The zero-order valence-corrected chi connectivity index (χ0v) is 15.2. The second-order valence-electron chi connectivity index (χ2n) is 5.10. The van der Waals surface area contributed by atoms with Gasteiger partial charge in [-0.25, -0.2) is 4.79 Å². The highest BCUT2D eigenvalue weighted by molar-refractivity contribution is 7.14. The molecule has 138 valence electrons. The Hall–Kier alpha value is -3.07. The van der Waals surface area contributed by atoms with E-state index in [0.29, 0.717) is 5.00 Å². The molecule has 26 heavy (non-hydrogen) atoms. The Labute approximate surface area is 153 Å². The van der Waals surface area contributed by atoms with Crippen molar-refractivity contribution in [3.05, 3.63) is 40.8 Å². The van der Waals surface area contributed by atoms with Gasteiger partial charge in [0.1, 0.15) is 22.1 Å². The minimum absolute atomic E-state index is 0.0751. The van der Waals surface area contributed by atoms with Crippen LogP contribution >= 0.6 is 11.3 Å². The van der Waals surface area contributed by atoms with Crippen LogP contribution in [0.15, 0.2) is 29.6 Å². The fraction of sp³-hybridized carbons (Fsp3) is 0.235. The van der Waals surface area contributed by atoms with Gasteiger partial charge in [0, 0.05) is 0 Å². The lowest BCUT2D eigenvalue weighted by molar-refractivity contribution is -0.123. The van der Waals surface area contributed by atoms with E-state index in [1.54, 1.807) is 23.6 Å². The molecule has 2 amide bonds. The summed E-state index contributed by atoms with van der Waals surface area (Å²) in [4.78, 5) is 36.0. The van der Waals surface area contributed by atoms with E-state index in [9.17, 15) is 14.4 Å². The van der Waals surface area contributed by atoms with Crippen LogP contribution in [0.3, 0.4) is 0 Å². The number of ether oxygens (including phenoxy) is 3. The van der Waals surface area contributed by atoms with Crippen LogP contribution < -0.4 is 20.5 Å². The van der Waals surface area contributed by atoms with Crippen molar-refractivity contribution in [2.24, 2.45) is 5.73 Å². The van der Waals surface area contributed by atoms with Crippen molar-refractivity contribution < 1.29 is 28.6 Å². The van der Waals surface area contributed by atoms with Crippen LogP contribution in [0, 0.1) is 0 Å². The molecule has 2 aromatic rings. The predicted octanol–water partition coefficient (Wildman–Crippen LogP) is 2.05. The first kappa shape index (κ1) is 19.3. The number of esters is 1. The molecule has 0 aliphatic rings. The maximum Gasteiger partial charge on any atom is 0.346 e. The minimum Gasteiger partial charge on any atom is -0.496 e. The number of carbonyl (C=O) groups is 3. The number of hydrogen-bond acceptors (Lipinski definition) is 7. The van der Waals surface area contributed by atoms with Crippen LogP contribution in [0.1, 0.15) is 27.6 Å². The van der Waals surface area contributed by atoms with Crippen LogP contribution in [-0.4, -0.2) is 38.1 Å². The minimum atomic E-state index is -1.13. The molecule has 8 nitrogen and oxygen atoms in total. The van der Waals surface area contributed by atoms with Gasteiger partial charge in [0.05, 0.1) is 19.8 Å². The average Bonchev–Trinajstić information content (AvgIpc) is 3.08. The van der Waals surface area contributed by atoms with Crippen molar-refractivity contribution in [1.29, 1.82) is 0 Å². The molecule has 1 aromatic heterocycles. The van der Waals surface area contributed by atoms with Crippen molar-refractivity contribution >= 4 is 34.1 Å². The van der Waals surface area contributed by atoms with E-state index >= 15 is 0 Å². The first-order valence-corrected chi connectivity index (χ1v) is 8.37. The van der Waals surface area contributed by atoms with Gasteiger partial charge in [-0.2, -0.15) is 0 Å². The van der Waals surface area contributed by atoms with Gasteiger partial charge in [0.15, 0.2) is 6.10 Å². The Balaban J connectivity index is 2.13. The molecule has 2 rings (SSSR count). The van der Waals surface area contributed by atoms with Crippen LogP contribution in [0.2, 0.25) is 0 Å². The average molecular weight is 378 g/mol. The lowest BCUT2D eigenvalue weighted by atomic mass is 10.1. The molecule has 1 atom stereocenters. The molecule has 3 N–H and O–H groups in total. The van der Waals surface area contributed by atoms with E-state index < -0.39 is 23.9 Å². The molecule has 0 bridgehead atoms. The van der Waals surface area contributed by atoms with Crippen LogP contribution in [-0.2, 0) is 9.53 Å². The fourth-order valence-electron chi connectivity index (χ4n) is 2.14. The summed E-state index contributed by atoms with van der Waals surface area (Å²) >= 11 is 1.14. The summed E-state index contributed by atoms with van der Waals surface area (Å²) in [6.45, 7) is 1.41. The van der Waals surface area contributed by atoms with Gasteiger partial charge in [-0.1, -0.05) is 6.07 Å². The topological polar surface area (TPSA) is 117 Å². The summed E-state index contributed by atoms with van der Waals surface area (Å²) in [6, 6.07) is 6.31. The zero-order valence-electron chi connectivity index (χ0n) is 14.4. The Morgan fingerprint density at radius 2 is 1.73 bits per heavy atom. The lowest BCUT2D eigenvalue weighted by Crippen LogP contribution is -2.30. The molecular weight excluding hydrogens is 360 g/mol. The predicted molar refractivity (Wildman–Crippen MR) is 95.9 cm³/mol. The van der Waals surface area contributed by atoms with Crippen LogP contribution in [0.4, 0.5) is 5.00 Å². The number of thiophene rings is 1. The van der Waals surface area contributed by atoms with Crippen molar-refractivity contribution in [2.45, 2.75) is 13.0 Å². The van der Waals surface area contributed by atoms with E-state index in [0.717, 1.165) is 11.3 Å². The number of methoxy groups -OCH3 is 2. The molecule has 1 heterocycles. The molecule has 0 radical (unpaired) electrons. The van der Waals surface area contributed by atoms with Gasteiger partial charge in [-0.15, -0.1) is 11.3 Å². The highest BCUT2D eigenvalue weighted by Crippen LogP contribution is 2.29. The SMILES string of the molecule is COc1cccc(OC)c1C(=O)OC(C)C(=O)Nc1sccc1C(N)=O. The van der Waals surface area contributed by atoms with Gasteiger partial charge in [0.2, 0.25) is 0 Å². The van der Waals surface area contributed by atoms with E-state index in [-0.39, 0.29) is 22.6 Å². The lowest BCUT2D eigenvalue weighted by Gasteiger charge is -2.16. The Morgan fingerprint density at radius 3 is 2.27 bits per heavy atom. The first-order chi connectivity index (χ1) is 12.4. The van der Waals surface area contributed by atoms with Crippen molar-refractivity contribution in [3.63, 3.8) is 0 Å². The Bertz CT molecular complexity index is 810. The summed E-state index contributed by atoms with van der Waals surface area (Å²) < 4.78 is 15.5. The second-order valence-corrected chi connectivity index (χ2v) is 6.02. The first-order valence-electron chi connectivity index (χ1n) is 7.49. The number of nitrogens with two attached hydrogens (primary N) is 1. The number of amides is 2. The number of rotatable bonds is 7. The van der Waals surface area contributed by atoms with Crippen LogP contribution in [0.5, 0.6) is 11.5 Å². The highest BCUT2D eigenvalue weighted by Gasteiger charge is 2.25. The molecule has 0 spiro atoms. The number of carbonyl (C=O) groups excluding carboxylic acids is 3. The summed E-state index contributed by atoms with van der Waals surface area (Å²) in [7, 11) is 2.81. The van der Waals surface area contributed by atoms with E-state index in [4.69, 9.17) is 19.9 Å². The quantitative estimate of drug-likeness (QED) is 0.712. The summed E-state index contributed by atoms with van der Waals surface area (Å²) in [5.41, 5.74) is 5.50. The molecule has 0 aliphatic carbocycles. The molecule has 1 aromatic carbocycles. The van der Waals surface area contributed by atoms with Gasteiger partial charge >= 0.3 is 5.97 Å². The van der Waals surface area contributed by atoms with Crippen LogP contribution in [0.25, 0.3) is 0 Å². The van der Waals surface area contributed by atoms with Crippen molar-refractivity contribution in [3.8, 4) is 11.5 Å². The number of hydrogen-bond donors (Lipinski definition) is 2. The van der Waals surface area contributed by atoms with E-state index in [1.807, 2.05) is 0 Å². The normalized spacial score (nSPS) is 11.3. The molecule has 9 heteroatoms. The van der Waals surface area contributed by atoms with E-state index in [1.165, 1.54) is 27.2 Å². The summed E-state index contributed by atoms with van der Waals surface area (Å²) in [6.07, 6.45) is -1.13. The molecule has 0 aliphatic heterocycles. The largest absolute Gasteiger partial charge is 0.496 e. The third kappa shape index (κ3) is 4.12. The highest BCUT2D eigenvalue weighted by atomic mass is 32.1. The Kier molecular flexibility index (Phi) is 6.18. The third-order valence-corrected chi connectivity index (χ3v) is 4.28. The monoisotopic (exact) mass is 378 g/mol. The third-order valence-electron chi connectivity index (χ3n) is 3.45. The van der Waals surface area contributed by atoms with Crippen molar-refractivity contribution in [2.75, 3.05) is 19.5 Å². The standard InChI is InChI=1S/C17H18N2O6S/c1-9(15(21)19-16-10(14(18)20)7-8-26-16)25-17(22)13-11(23-2)5-4-6-12(13)24-3/h4-9H,1-3H3,(H2,18,20)(H,19,21). The number of anilines is 1. The summed E-state index contributed by atoms with van der Waals surface area (Å²) in [5.74, 6) is -1.52. The number of benzene rings is 1. The summed E-state index contributed by atoms with van der Waals surface area (Å²) in [5, 5.41) is 4.43. The molecule has 0 saturated heterocycles. The molecule has 0 saturated carbocycles. The van der Waals surface area contributed by atoms with Gasteiger partial charge in [-0.05, 0) is 30.5 Å². The number of nitrogens with one attached hydrogen (secondary N) is 1. The fourth-order valence-corrected chi connectivity index (χ4v) is 2.93.